The first-order valence-corrected chi connectivity index (χ1v) is 5.14. The molecule has 0 aliphatic heterocycles. The molecule has 1 fully saturated rings. The Morgan fingerprint density at radius 3 is 2.73 bits per heavy atom. The van der Waals surface area contributed by atoms with Crippen LogP contribution in [0.25, 0.3) is 0 Å². The summed E-state index contributed by atoms with van der Waals surface area (Å²) >= 11 is 0. The molecular formula is C12H14FNO. The lowest BCUT2D eigenvalue weighted by molar-refractivity contribution is -0.123. The molecule has 2 rings (SSSR count). The molecular weight excluding hydrogens is 193 g/mol. The molecule has 0 radical (unpaired) electrons. The minimum absolute atomic E-state index is 0.149. The summed E-state index contributed by atoms with van der Waals surface area (Å²) in [4.78, 5) is 11.8. The van der Waals surface area contributed by atoms with Crippen LogP contribution < -0.4 is 5.73 Å². The van der Waals surface area contributed by atoms with E-state index in [1.807, 2.05) is 0 Å². The first-order chi connectivity index (χ1) is 7.16. The summed E-state index contributed by atoms with van der Waals surface area (Å²) in [6, 6.07) is 6.18. The van der Waals surface area contributed by atoms with E-state index >= 15 is 0 Å². The standard InChI is InChI=1S/C12H14FNO/c13-10-3-1-2-9(6-10)7-11(15)12(8-14)4-5-12/h1-3,6H,4-5,7-8,14H2. The number of Topliss-reactive ketones (excluding diaryl/α,β-unsaturated/α-hetero) is 1. The Morgan fingerprint density at radius 2 is 2.20 bits per heavy atom. The van der Waals surface area contributed by atoms with Gasteiger partial charge in [-0.05, 0) is 30.5 Å². The van der Waals surface area contributed by atoms with Crippen LogP contribution in [0.2, 0.25) is 0 Å². The molecule has 0 saturated heterocycles. The maximum absolute atomic E-state index is 12.9. The number of hydrogen-bond donors (Lipinski definition) is 1. The van der Waals surface area contributed by atoms with Gasteiger partial charge in [-0.3, -0.25) is 4.79 Å². The number of nitrogens with two attached hydrogens (primary N) is 1. The van der Waals surface area contributed by atoms with Crippen molar-refractivity contribution >= 4 is 5.78 Å². The quantitative estimate of drug-likeness (QED) is 0.816. The van der Waals surface area contributed by atoms with Crippen LogP contribution in [-0.2, 0) is 11.2 Å². The van der Waals surface area contributed by atoms with E-state index in [-0.39, 0.29) is 17.0 Å². The van der Waals surface area contributed by atoms with Crippen LogP contribution in [0.4, 0.5) is 4.39 Å². The fraction of sp³-hybridized carbons (Fsp3) is 0.417. The molecule has 3 heteroatoms. The number of hydrogen-bond acceptors (Lipinski definition) is 2. The number of carbonyl (C=O) groups excluding carboxylic acids is 1. The summed E-state index contributed by atoms with van der Waals surface area (Å²) in [7, 11) is 0. The molecule has 2 N–H and O–H groups in total. The van der Waals surface area contributed by atoms with Gasteiger partial charge in [-0.1, -0.05) is 12.1 Å². The molecule has 0 atom stereocenters. The van der Waals surface area contributed by atoms with Gasteiger partial charge in [0.2, 0.25) is 0 Å². The molecule has 0 unspecified atom stereocenters. The van der Waals surface area contributed by atoms with E-state index in [2.05, 4.69) is 0 Å². The highest BCUT2D eigenvalue weighted by molar-refractivity contribution is 5.89. The number of rotatable bonds is 4. The van der Waals surface area contributed by atoms with Gasteiger partial charge in [0.1, 0.15) is 11.6 Å². The van der Waals surface area contributed by atoms with Gasteiger partial charge in [-0.2, -0.15) is 0 Å². The lowest BCUT2D eigenvalue weighted by Crippen LogP contribution is -2.26. The zero-order valence-electron chi connectivity index (χ0n) is 8.50. The first-order valence-electron chi connectivity index (χ1n) is 5.14. The smallest absolute Gasteiger partial charge is 0.144 e. The molecule has 1 aliphatic carbocycles. The van der Waals surface area contributed by atoms with E-state index in [1.165, 1.54) is 12.1 Å². The molecule has 0 spiro atoms. The average Bonchev–Trinajstić information content (AvgIpc) is 2.98. The van der Waals surface area contributed by atoms with Crippen molar-refractivity contribution in [3.05, 3.63) is 35.6 Å². The Balaban J connectivity index is 2.06. The lowest BCUT2D eigenvalue weighted by Gasteiger charge is -2.10. The van der Waals surface area contributed by atoms with Gasteiger partial charge >= 0.3 is 0 Å². The zero-order chi connectivity index (χ0) is 10.9. The van der Waals surface area contributed by atoms with Crippen molar-refractivity contribution in [1.82, 2.24) is 0 Å². The lowest BCUT2D eigenvalue weighted by atomic mass is 9.95. The van der Waals surface area contributed by atoms with Crippen LogP contribution in [0.5, 0.6) is 0 Å². The Bertz CT molecular complexity index is 385. The Morgan fingerprint density at radius 1 is 1.47 bits per heavy atom. The molecule has 0 bridgehead atoms. The van der Waals surface area contributed by atoms with E-state index in [0.29, 0.717) is 13.0 Å². The van der Waals surface area contributed by atoms with E-state index in [1.54, 1.807) is 12.1 Å². The number of halogens is 1. The SMILES string of the molecule is NCC1(C(=O)Cc2cccc(F)c2)CC1. The topological polar surface area (TPSA) is 43.1 Å². The molecule has 1 saturated carbocycles. The van der Waals surface area contributed by atoms with E-state index in [0.717, 1.165) is 18.4 Å². The monoisotopic (exact) mass is 207 g/mol. The average molecular weight is 207 g/mol. The highest BCUT2D eigenvalue weighted by Gasteiger charge is 2.47. The minimum atomic E-state index is -0.294. The van der Waals surface area contributed by atoms with Crippen molar-refractivity contribution in [1.29, 1.82) is 0 Å². The first kappa shape index (κ1) is 10.3. The summed E-state index contributed by atoms with van der Waals surface area (Å²) in [6.45, 7) is 0.418. The van der Waals surface area contributed by atoms with Gasteiger partial charge in [0.05, 0.1) is 0 Å². The summed E-state index contributed by atoms with van der Waals surface area (Å²) in [5.41, 5.74) is 6.01. The molecule has 2 nitrogen and oxygen atoms in total. The van der Waals surface area contributed by atoms with Crippen molar-refractivity contribution in [3.8, 4) is 0 Å². The van der Waals surface area contributed by atoms with Crippen LogP contribution in [0.15, 0.2) is 24.3 Å². The maximum Gasteiger partial charge on any atom is 0.144 e. The highest BCUT2D eigenvalue weighted by atomic mass is 19.1. The van der Waals surface area contributed by atoms with E-state index in [4.69, 9.17) is 5.73 Å². The highest BCUT2D eigenvalue weighted by Crippen LogP contribution is 2.46. The third kappa shape index (κ3) is 2.07. The number of ketones is 1. The third-order valence-corrected chi connectivity index (χ3v) is 3.09. The van der Waals surface area contributed by atoms with Crippen LogP contribution in [0.3, 0.4) is 0 Å². The summed E-state index contributed by atoms with van der Waals surface area (Å²) in [5, 5.41) is 0. The Kier molecular flexibility index (Phi) is 2.57. The van der Waals surface area contributed by atoms with Crippen LogP contribution in [0.1, 0.15) is 18.4 Å². The van der Waals surface area contributed by atoms with Crippen molar-refractivity contribution in [2.24, 2.45) is 11.1 Å². The fourth-order valence-electron chi connectivity index (χ4n) is 1.77. The molecule has 1 aromatic carbocycles. The predicted octanol–water partition coefficient (Wildman–Crippen LogP) is 1.68. The Hall–Kier alpha value is -1.22. The predicted molar refractivity (Wildman–Crippen MR) is 55.8 cm³/mol. The maximum atomic E-state index is 12.9. The zero-order valence-corrected chi connectivity index (χ0v) is 8.50. The molecule has 1 aromatic rings. The van der Waals surface area contributed by atoms with Crippen LogP contribution >= 0.6 is 0 Å². The normalized spacial score (nSPS) is 17.5. The summed E-state index contributed by atoms with van der Waals surface area (Å²) in [5.74, 6) is -0.145. The van der Waals surface area contributed by atoms with Gasteiger partial charge in [0, 0.05) is 18.4 Å². The molecule has 0 heterocycles. The molecule has 0 amide bonds. The van der Waals surface area contributed by atoms with E-state index in [9.17, 15) is 9.18 Å². The van der Waals surface area contributed by atoms with Gasteiger partial charge in [-0.25, -0.2) is 4.39 Å². The summed E-state index contributed by atoms with van der Waals surface area (Å²) in [6.07, 6.45) is 2.07. The number of carbonyl (C=O) groups is 1. The molecule has 15 heavy (non-hydrogen) atoms. The van der Waals surface area contributed by atoms with Gasteiger partial charge in [-0.15, -0.1) is 0 Å². The van der Waals surface area contributed by atoms with Crippen molar-refractivity contribution in [2.75, 3.05) is 6.54 Å². The van der Waals surface area contributed by atoms with Crippen LogP contribution in [0, 0.1) is 11.2 Å². The number of benzene rings is 1. The van der Waals surface area contributed by atoms with E-state index < -0.39 is 0 Å². The largest absolute Gasteiger partial charge is 0.329 e. The second-order valence-electron chi connectivity index (χ2n) is 4.21. The second-order valence-corrected chi connectivity index (χ2v) is 4.21. The van der Waals surface area contributed by atoms with Crippen molar-refractivity contribution < 1.29 is 9.18 Å². The molecule has 80 valence electrons. The Labute approximate surface area is 88.3 Å². The molecule has 1 aliphatic rings. The van der Waals surface area contributed by atoms with Gasteiger partial charge in [0.25, 0.3) is 0 Å². The van der Waals surface area contributed by atoms with Gasteiger partial charge in [0.15, 0.2) is 0 Å². The van der Waals surface area contributed by atoms with Gasteiger partial charge < -0.3 is 5.73 Å². The van der Waals surface area contributed by atoms with Crippen molar-refractivity contribution in [2.45, 2.75) is 19.3 Å². The summed E-state index contributed by atoms with van der Waals surface area (Å²) < 4.78 is 12.9. The minimum Gasteiger partial charge on any atom is -0.329 e. The second kappa shape index (κ2) is 3.74. The van der Waals surface area contributed by atoms with Crippen LogP contribution in [-0.4, -0.2) is 12.3 Å². The third-order valence-electron chi connectivity index (χ3n) is 3.09. The van der Waals surface area contributed by atoms with Crippen molar-refractivity contribution in [3.63, 3.8) is 0 Å². The molecule has 0 aromatic heterocycles. The fourth-order valence-corrected chi connectivity index (χ4v) is 1.77.